The highest BCUT2D eigenvalue weighted by Crippen LogP contribution is 2.30. The Morgan fingerprint density at radius 1 is 1.24 bits per heavy atom. The standard InChI is InChI=1S/C19H26N2/c1-5-6-13-20-15(2)18-9-7-8-10-19(18)16-11-12-17(14-16)21(3)4/h7-10,12,14H,5-6,11,13H2,1-4H3. The van der Waals surface area contributed by atoms with Gasteiger partial charge in [-0.25, -0.2) is 0 Å². The number of unbranched alkanes of at least 4 members (excludes halogenated alkanes) is 1. The highest BCUT2D eigenvalue weighted by atomic mass is 15.1. The molecule has 1 aliphatic carbocycles. The zero-order valence-corrected chi connectivity index (χ0v) is 13.7. The molecule has 0 saturated carbocycles. The van der Waals surface area contributed by atoms with Crippen LogP contribution in [0.3, 0.4) is 0 Å². The Kier molecular flexibility index (Phi) is 5.38. The third kappa shape index (κ3) is 3.84. The fourth-order valence-corrected chi connectivity index (χ4v) is 2.58. The minimum Gasteiger partial charge on any atom is -0.378 e. The summed E-state index contributed by atoms with van der Waals surface area (Å²) in [7, 11) is 4.18. The second-order valence-electron chi connectivity index (χ2n) is 5.76. The van der Waals surface area contributed by atoms with E-state index in [9.17, 15) is 0 Å². The van der Waals surface area contributed by atoms with Gasteiger partial charge >= 0.3 is 0 Å². The highest BCUT2D eigenvalue weighted by molar-refractivity contribution is 6.03. The first-order chi connectivity index (χ1) is 10.1. The third-order valence-corrected chi connectivity index (χ3v) is 3.89. The molecule has 2 heteroatoms. The molecule has 1 aliphatic rings. The summed E-state index contributed by atoms with van der Waals surface area (Å²) in [6.45, 7) is 5.26. The van der Waals surface area contributed by atoms with Crippen molar-refractivity contribution < 1.29 is 0 Å². The molecule has 0 amide bonds. The largest absolute Gasteiger partial charge is 0.378 e. The Hall–Kier alpha value is -1.83. The molecular weight excluding hydrogens is 256 g/mol. The fraction of sp³-hybridized carbons (Fsp3) is 0.421. The predicted octanol–water partition coefficient (Wildman–Crippen LogP) is 4.53. The summed E-state index contributed by atoms with van der Waals surface area (Å²) in [5.74, 6) is 0. The molecule has 2 rings (SSSR count). The highest BCUT2D eigenvalue weighted by Gasteiger charge is 2.14. The summed E-state index contributed by atoms with van der Waals surface area (Å²) >= 11 is 0. The molecule has 0 bridgehead atoms. The van der Waals surface area contributed by atoms with Gasteiger partial charge in [0.15, 0.2) is 0 Å². The van der Waals surface area contributed by atoms with Gasteiger partial charge in [0.2, 0.25) is 0 Å². The van der Waals surface area contributed by atoms with Gasteiger partial charge in [-0.1, -0.05) is 43.7 Å². The maximum Gasteiger partial charge on any atom is 0.0395 e. The van der Waals surface area contributed by atoms with Crippen LogP contribution >= 0.6 is 0 Å². The molecule has 0 N–H and O–H groups in total. The molecule has 0 fully saturated rings. The van der Waals surface area contributed by atoms with E-state index >= 15 is 0 Å². The summed E-state index contributed by atoms with van der Waals surface area (Å²) in [5, 5.41) is 0. The molecule has 0 aliphatic heterocycles. The van der Waals surface area contributed by atoms with Gasteiger partial charge in [-0.3, -0.25) is 4.99 Å². The van der Waals surface area contributed by atoms with Crippen molar-refractivity contribution in [2.75, 3.05) is 20.6 Å². The van der Waals surface area contributed by atoms with Gasteiger partial charge < -0.3 is 4.90 Å². The second-order valence-corrected chi connectivity index (χ2v) is 5.76. The number of aliphatic imine (C=N–C) groups is 1. The lowest BCUT2D eigenvalue weighted by molar-refractivity contribution is 0.531. The van der Waals surface area contributed by atoms with Gasteiger partial charge in [0, 0.05) is 37.6 Å². The Labute approximate surface area is 128 Å². The smallest absolute Gasteiger partial charge is 0.0395 e. The van der Waals surface area contributed by atoms with Crippen LogP contribution in [-0.2, 0) is 0 Å². The average Bonchev–Trinajstić information content (AvgIpc) is 2.97. The van der Waals surface area contributed by atoms with Crippen molar-refractivity contribution in [1.29, 1.82) is 0 Å². The number of hydrogen-bond acceptors (Lipinski definition) is 2. The number of nitrogens with zero attached hydrogens (tertiary/aromatic N) is 2. The third-order valence-electron chi connectivity index (χ3n) is 3.89. The van der Waals surface area contributed by atoms with E-state index in [4.69, 9.17) is 4.99 Å². The van der Waals surface area contributed by atoms with Crippen LogP contribution in [-0.4, -0.2) is 31.3 Å². The van der Waals surface area contributed by atoms with Crippen LogP contribution in [0.15, 0.2) is 47.1 Å². The SMILES string of the molecule is CCCCN=C(C)c1ccccc1C1=CC(N(C)C)=CC1. The number of likely N-dealkylation sites (N-methyl/N-ethyl adjacent to an activating group) is 1. The topological polar surface area (TPSA) is 15.6 Å². The van der Waals surface area contributed by atoms with Crippen molar-refractivity contribution in [2.45, 2.75) is 33.1 Å². The van der Waals surface area contributed by atoms with E-state index in [1.807, 2.05) is 0 Å². The van der Waals surface area contributed by atoms with Crippen LogP contribution < -0.4 is 0 Å². The monoisotopic (exact) mass is 282 g/mol. The van der Waals surface area contributed by atoms with Crippen LogP contribution in [0.5, 0.6) is 0 Å². The van der Waals surface area contributed by atoms with Crippen LogP contribution in [0.1, 0.15) is 44.2 Å². The van der Waals surface area contributed by atoms with Crippen molar-refractivity contribution >= 4 is 11.3 Å². The first-order valence-electron chi connectivity index (χ1n) is 7.82. The molecule has 1 aromatic rings. The Morgan fingerprint density at radius 2 is 2.00 bits per heavy atom. The van der Waals surface area contributed by atoms with Gasteiger partial charge in [0.25, 0.3) is 0 Å². The second kappa shape index (κ2) is 7.26. The summed E-state index contributed by atoms with van der Waals surface area (Å²) in [5.41, 5.74) is 6.43. The van der Waals surface area contributed by atoms with E-state index in [-0.39, 0.29) is 0 Å². The number of allylic oxidation sites excluding steroid dienone is 3. The minimum atomic E-state index is 0.927. The summed E-state index contributed by atoms with van der Waals surface area (Å²) in [6, 6.07) is 8.63. The Balaban J connectivity index is 2.27. The van der Waals surface area contributed by atoms with Gasteiger partial charge in [-0.15, -0.1) is 0 Å². The van der Waals surface area contributed by atoms with Crippen LogP contribution in [0.25, 0.3) is 5.57 Å². The quantitative estimate of drug-likeness (QED) is 0.553. The molecule has 0 heterocycles. The molecule has 0 saturated heterocycles. The summed E-state index contributed by atoms with van der Waals surface area (Å²) in [6.07, 6.45) is 7.94. The first kappa shape index (κ1) is 15.6. The van der Waals surface area contributed by atoms with Gasteiger partial charge in [0.1, 0.15) is 0 Å². The van der Waals surface area contributed by atoms with E-state index in [1.54, 1.807) is 0 Å². The van der Waals surface area contributed by atoms with Gasteiger partial charge in [-0.2, -0.15) is 0 Å². The molecule has 0 spiro atoms. The van der Waals surface area contributed by atoms with Crippen LogP contribution in [0.2, 0.25) is 0 Å². The molecule has 2 nitrogen and oxygen atoms in total. The number of rotatable bonds is 6. The molecule has 0 atom stereocenters. The minimum absolute atomic E-state index is 0.927. The lowest BCUT2D eigenvalue weighted by atomic mass is 9.96. The van der Waals surface area contributed by atoms with Crippen molar-refractivity contribution in [2.24, 2.45) is 4.99 Å². The predicted molar refractivity (Wildman–Crippen MR) is 92.8 cm³/mol. The molecule has 0 aromatic heterocycles. The first-order valence-corrected chi connectivity index (χ1v) is 7.82. The molecule has 21 heavy (non-hydrogen) atoms. The van der Waals surface area contributed by atoms with Crippen LogP contribution in [0, 0.1) is 0 Å². The van der Waals surface area contributed by atoms with E-state index in [0.29, 0.717) is 0 Å². The summed E-state index contributed by atoms with van der Waals surface area (Å²) in [4.78, 5) is 6.90. The zero-order chi connectivity index (χ0) is 15.2. The molecular formula is C19H26N2. The fourth-order valence-electron chi connectivity index (χ4n) is 2.58. The van der Waals surface area contributed by atoms with Crippen molar-refractivity contribution in [1.82, 2.24) is 4.90 Å². The van der Waals surface area contributed by atoms with Crippen LogP contribution in [0.4, 0.5) is 0 Å². The Bertz CT molecular complexity index is 577. The van der Waals surface area contributed by atoms with Crippen molar-refractivity contribution in [3.63, 3.8) is 0 Å². The van der Waals surface area contributed by atoms with E-state index in [1.165, 1.54) is 28.8 Å². The molecule has 112 valence electrons. The maximum atomic E-state index is 4.73. The van der Waals surface area contributed by atoms with E-state index in [0.717, 1.165) is 25.1 Å². The Morgan fingerprint density at radius 3 is 2.67 bits per heavy atom. The number of hydrogen-bond donors (Lipinski definition) is 0. The molecule has 0 unspecified atom stereocenters. The normalized spacial score (nSPS) is 15.0. The van der Waals surface area contributed by atoms with Gasteiger partial charge in [-0.05, 0) is 37.0 Å². The van der Waals surface area contributed by atoms with E-state index < -0.39 is 0 Å². The lowest BCUT2D eigenvalue weighted by Crippen LogP contribution is -2.07. The zero-order valence-electron chi connectivity index (χ0n) is 13.7. The van der Waals surface area contributed by atoms with E-state index in [2.05, 4.69) is 69.3 Å². The van der Waals surface area contributed by atoms with Crippen molar-refractivity contribution in [3.05, 3.63) is 53.2 Å². The average molecular weight is 282 g/mol. The van der Waals surface area contributed by atoms with Gasteiger partial charge in [0.05, 0.1) is 0 Å². The summed E-state index contributed by atoms with van der Waals surface area (Å²) < 4.78 is 0. The molecule has 1 aromatic carbocycles. The maximum absolute atomic E-state index is 4.73. The number of benzene rings is 1. The molecule has 0 radical (unpaired) electrons. The lowest BCUT2D eigenvalue weighted by Gasteiger charge is -2.12. The van der Waals surface area contributed by atoms with Crippen molar-refractivity contribution in [3.8, 4) is 0 Å².